The van der Waals surface area contributed by atoms with E-state index >= 15 is 0 Å². The summed E-state index contributed by atoms with van der Waals surface area (Å²) in [5.74, 6) is 1.40. The molecule has 4 heteroatoms. The number of para-hydroxylation sites is 1. The maximum Gasteiger partial charge on any atom is 0.138 e. The highest BCUT2D eigenvalue weighted by Crippen LogP contribution is 2.23. The van der Waals surface area contributed by atoms with Gasteiger partial charge in [-0.15, -0.1) is 0 Å². The van der Waals surface area contributed by atoms with E-state index in [0.29, 0.717) is 17.3 Å². The molecule has 1 fully saturated rings. The van der Waals surface area contributed by atoms with Gasteiger partial charge in [0.05, 0.1) is 5.02 Å². The van der Waals surface area contributed by atoms with Gasteiger partial charge in [-0.05, 0) is 37.4 Å². The van der Waals surface area contributed by atoms with Gasteiger partial charge in [-0.2, -0.15) is 0 Å². The minimum atomic E-state index is -0.505. The van der Waals surface area contributed by atoms with Crippen molar-refractivity contribution in [2.24, 2.45) is 5.92 Å². The van der Waals surface area contributed by atoms with Crippen LogP contribution in [0.1, 0.15) is 32.1 Å². The zero-order valence-electron chi connectivity index (χ0n) is 11.9. The van der Waals surface area contributed by atoms with E-state index < -0.39 is 6.10 Å². The summed E-state index contributed by atoms with van der Waals surface area (Å²) in [6.07, 6.45) is 6.22. The number of nitrogens with one attached hydrogen (secondary N) is 1. The van der Waals surface area contributed by atoms with Gasteiger partial charge in [0.2, 0.25) is 0 Å². The monoisotopic (exact) mass is 297 g/mol. The predicted octanol–water partition coefficient (Wildman–Crippen LogP) is 3.25. The largest absolute Gasteiger partial charge is 0.489 e. The van der Waals surface area contributed by atoms with Crippen molar-refractivity contribution in [1.82, 2.24) is 5.32 Å². The van der Waals surface area contributed by atoms with Gasteiger partial charge in [0.1, 0.15) is 18.5 Å². The molecule has 1 aromatic carbocycles. The Hall–Kier alpha value is -0.770. The topological polar surface area (TPSA) is 41.5 Å². The van der Waals surface area contributed by atoms with Gasteiger partial charge in [0.15, 0.2) is 0 Å². The molecule has 2 rings (SSSR count). The first-order valence-corrected chi connectivity index (χ1v) is 7.89. The van der Waals surface area contributed by atoms with Crippen molar-refractivity contribution in [3.8, 4) is 5.75 Å². The number of aliphatic hydroxyl groups excluding tert-OH is 1. The fourth-order valence-corrected chi connectivity index (χ4v) is 2.84. The van der Waals surface area contributed by atoms with E-state index in [1.165, 1.54) is 32.1 Å². The van der Waals surface area contributed by atoms with Crippen LogP contribution in [0.25, 0.3) is 0 Å². The summed E-state index contributed by atoms with van der Waals surface area (Å²) in [7, 11) is 0. The van der Waals surface area contributed by atoms with Crippen LogP contribution in [-0.4, -0.2) is 30.9 Å². The maximum atomic E-state index is 9.90. The maximum absolute atomic E-state index is 9.90. The van der Waals surface area contributed by atoms with Crippen LogP contribution < -0.4 is 10.1 Å². The van der Waals surface area contributed by atoms with Gasteiger partial charge >= 0.3 is 0 Å². The highest BCUT2D eigenvalue weighted by molar-refractivity contribution is 6.32. The van der Waals surface area contributed by atoms with Crippen molar-refractivity contribution in [2.45, 2.75) is 38.2 Å². The summed E-state index contributed by atoms with van der Waals surface area (Å²) < 4.78 is 5.52. The fraction of sp³-hybridized carbons (Fsp3) is 0.625. The number of hydrogen-bond acceptors (Lipinski definition) is 3. The fourth-order valence-electron chi connectivity index (χ4n) is 2.65. The molecule has 0 radical (unpaired) electrons. The highest BCUT2D eigenvalue weighted by atomic mass is 35.5. The van der Waals surface area contributed by atoms with Crippen molar-refractivity contribution in [3.63, 3.8) is 0 Å². The summed E-state index contributed by atoms with van der Waals surface area (Å²) in [4.78, 5) is 0. The average Bonchev–Trinajstić information content (AvgIpc) is 2.47. The third kappa shape index (κ3) is 5.31. The minimum absolute atomic E-state index is 0.265. The van der Waals surface area contributed by atoms with Gasteiger partial charge in [-0.3, -0.25) is 0 Å². The molecule has 1 aliphatic rings. The summed E-state index contributed by atoms with van der Waals surface area (Å²) in [6.45, 7) is 1.84. The number of halogens is 1. The molecule has 3 nitrogen and oxygen atoms in total. The number of hydrogen-bond donors (Lipinski definition) is 2. The lowest BCUT2D eigenvalue weighted by molar-refractivity contribution is 0.105. The van der Waals surface area contributed by atoms with E-state index in [-0.39, 0.29) is 6.61 Å². The Bertz CT molecular complexity index is 394. The van der Waals surface area contributed by atoms with Crippen LogP contribution in [0, 0.1) is 5.92 Å². The summed E-state index contributed by atoms with van der Waals surface area (Å²) >= 11 is 5.99. The molecule has 1 saturated carbocycles. The summed E-state index contributed by atoms with van der Waals surface area (Å²) in [5, 5.41) is 13.8. The molecule has 0 amide bonds. The lowest BCUT2D eigenvalue weighted by Gasteiger charge is -2.22. The number of benzene rings is 1. The molecule has 1 unspecified atom stereocenters. The molecule has 20 heavy (non-hydrogen) atoms. The van der Waals surface area contributed by atoms with Crippen LogP contribution in [0.5, 0.6) is 5.75 Å². The van der Waals surface area contributed by atoms with Crippen LogP contribution in [0.15, 0.2) is 24.3 Å². The summed E-state index contributed by atoms with van der Waals surface area (Å²) in [6, 6.07) is 7.32. The lowest BCUT2D eigenvalue weighted by Crippen LogP contribution is -2.34. The molecular formula is C16H24ClNO2. The molecule has 1 aliphatic carbocycles. The zero-order chi connectivity index (χ0) is 14.2. The molecule has 0 spiro atoms. The van der Waals surface area contributed by atoms with Crippen molar-refractivity contribution >= 4 is 11.6 Å². The predicted molar refractivity (Wildman–Crippen MR) is 82.4 cm³/mol. The third-order valence-corrected chi connectivity index (χ3v) is 4.12. The van der Waals surface area contributed by atoms with Gasteiger partial charge < -0.3 is 15.2 Å². The Kier molecular flexibility index (Phi) is 6.64. The molecule has 0 bridgehead atoms. The minimum Gasteiger partial charge on any atom is -0.489 e. The van der Waals surface area contributed by atoms with Crippen molar-refractivity contribution in [3.05, 3.63) is 29.3 Å². The molecule has 0 heterocycles. The molecule has 112 valence electrons. The Morgan fingerprint density at radius 1 is 1.25 bits per heavy atom. The normalized spacial score (nSPS) is 17.9. The second-order valence-electron chi connectivity index (χ2n) is 5.56. The van der Waals surface area contributed by atoms with Gasteiger partial charge in [0.25, 0.3) is 0 Å². The molecule has 0 aromatic heterocycles. The highest BCUT2D eigenvalue weighted by Gasteiger charge is 2.13. The van der Waals surface area contributed by atoms with Crippen molar-refractivity contribution in [2.75, 3.05) is 19.7 Å². The first kappa shape index (κ1) is 15.6. The molecular weight excluding hydrogens is 274 g/mol. The van der Waals surface area contributed by atoms with Gasteiger partial charge in [0, 0.05) is 6.54 Å². The van der Waals surface area contributed by atoms with Crippen molar-refractivity contribution in [1.29, 1.82) is 0 Å². The van der Waals surface area contributed by atoms with Crippen LogP contribution >= 0.6 is 11.6 Å². The van der Waals surface area contributed by atoms with E-state index in [4.69, 9.17) is 16.3 Å². The number of rotatable bonds is 7. The first-order valence-electron chi connectivity index (χ1n) is 7.52. The number of ether oxygens (including phenoxy) is 1. The molecule has 1 atom stereocenters. The SMILES string of the molecule is OC(CNCC1CCCCC1)COc1ccccc1Cl. The first-order chi connectivity index (χ1) is 9.75. The van der Waals surface area contributed by atoms with E-state index in [2.05, 4.69) is 5.32 Å². The molecule has 0 aliphatic heterocycles. The van der Waals surface area contributed by atoms with E-state index in [1.807, 2.05) is 18.2 Å². The van der Waals surface area contributed by atoms with E-state index in [9.17, 15) is 5.11 Å². The molecule has 1 aromatic rings. The molecule has 0 saturated heterocycles. The smallest absolute Gasteiger partial charge is 0.138 e. The Labute approximate surface area is 126 Å². The van der Waals surface area contributed by atoms with Crippen LogP contribution in [0.2, 0.25) is 5.02 Å². The Morgan fingerprint density at radius 3 is 2.75 bits per heavy atom. The van der Waals surface area contributed by atoms with Gasteiger partial charge in [-0.1, -0.05) is 43.0 Å². The number of aliphatic hydroxyl groups is 1. The summed E-state index contributed by atoms with van der Waals surface area (Å²) in [5.41, 5.74) is 0. The van der Waals surface area contributed by atoms with Crippen LogP contribution in [0.3, 0.4) is 0 Å². The van der Waals surface area contributed by atoms with Crippen LogP contribution in [-0.2, 0) is 0 Å². The third-order valence-electron chi connectivity index (χ3n) is 3.81. The second-order valence-corrected chi connectivity index (χ2v) is 5.96. The van der Waals surface area contributed by atoms with Crippen LogP contribution in [0.4, 0.5) is 0 Å². The quantitative estimate of drug-likeness (QED) is 0.812. The van der Waals surface area contributed by atoms with Gasteiger partial charge in [-0.25, -0.2) is 0 Å². The Balaban J connectivity index is 1.60. The van der Waals surface area contributed by atoms with E-state index in [1.54, 1.807) is 6.07 Å². The van der Waals surface area contributed by atoms with E-state index in [0.717, 1.165) is 12.5 Å². The average molecular weight is 298 g/mol. The standard InChI is InChI=1S/C16H24ClNO2/c17-15-8-4-5-9-16(15)20-12-14(19)11-18-10-13-6-2-1-3-7-13/h4-5,8-9,13-14,18-19H,1-3,6-7,10-12H2. The van der Waals surface area contributed by atoms with Crippen molar-refractivity contribution < 1.29 is 9.84 Å². The molecule has 2 N–H and O–H groups in total. The zero-order valence-corrected chi connectivity index (χ0v) is 12.6. The second kappa shape index (κ2) is 8.50. The lowest BCUT2D eigenvalue weighted by atomic mass is 9.89. The Morgan fingerprint density at radius 2 is 2.00 bits per heavy atom.